The van der Waals surface area contributed by atoms with Crippen LogP contribution in [-0.2, 0) is 9.59 Å². The molecule has 2 N–H and O–H groups in total. The van der Waals surface area contributed by atoms with Crippen LogP contribution >= 0.6 is 11.3 Å². The van der Waals surface area contributed by atoms with E-state index in [-0.39, 0.29) is 31.4 Å². The van der Waals surface area contributed by atoms with E-state index in [2.05, 4.69) is 15.6 Å². The molecule has 2 aromatic carbocycles. The summed E-state index contributed by atoms with van der Waals surface area (Å²) in [4.78, 5) is 43.1. The van der Waals surface area contributed by atoms with Crippen LogP contribution in [0.15, 0.2) is 47.8 Å². The van der Waals surface area contributed by atoms with Crippen LogP contribution in [0.25, 0.3) is 11.3 Å². The Labute approximate surface area is 193 Å². The topological polar surface area (TPSA) is 110 Å². The number of nitrogens with one attached hydrogen (secondary N) is 2. The number of fused-ring (bicyclic) bond motifs is 1. The summed E-state index contributed by atoms with van der Waals surface area (Å²) in [5, 5.41) is 7.71. The van der Waals surface area contributed by atoms with Crippen molar-refractivity contribution in [1.82, 2.24) is 10.3 Å². The molecule has 1 saturated heterocycles. The van der Waals surface area contributed by atoms with Gasteiger partial charge in [0.2, 0.25) is 12.7 Å². The van der Waals surface area contributed by atoms with E-state index in [9.17, 15) is 14.4 Å². The van der Waals surface area contributed by atoms with Crippen molar-refractivity contribution in [3.8, 4) is 22.8 Å². The number of imide groups is 1. The second kappa shape index (κ2) is 8.55. The van der Waals surface area contributed by atoms with Crippen molar-refractivity contribution in [2.45, 2.75) is 25.8 Å². The van der Waals surface area contributed by atoms with Crippen LogP contribution in [-0.4, -0.2) is 35.7 Å². The van der Waals surface area contributed by atoms with Crippen LogP contribution in [0.3, 0.4) is 0 Å². The van der Waals surface area contributed by atoms with Gasteiger partial charge < -0.3 is 20.1 Å². The summed E-state index contributed by atoms with van der Waals surface area (Å²) >= 11 is 1.30. The maximum absolute atomic E-state index is 12.7. The summed E-state index contributed by atoms with van der Waals surface area (Å²) in [6, 6.07) is 11.5. The smallest absolute Gasteiger partial charge is 0.329 e. The first kappa shape index (κ1) is 21.0. The zero-order valence-electron chi connectivity index (χ0n) is 17.7. The fraction of sp³-hybridized carbons (Fsp3) is 0.217. The van der Waals surface area contributed by atoms with E-state index >= 15 is 0 Å². The first-order valence-corrected chi connectivity index (χ1v) is 11.2. The lowest BCUT2D eigenvalue weighted by molar-refractivity contribution is -0.119. The Balaban J connectivity index is 1.18. The van der Waals surface area contributed by atoms with Crippen LogP contribution in [0.4, 0.5) is 15.6 Å². The standard InChI is InChI=1S/C23H20N4O5S/c1-13-3-2-4-15(9-13)27-21(29)16(25-23(27)30)6-8-20(28)26-22-24-17(11-33-22)14-5-7-18-19(10-14)32-12-31-18/h2-5,7,9-11,16H,6,8,12H2,1H3,(H,25,30)(H,24,26,28)/t16-/m0/s1. The highest BCUT2D eigenvalue weighted by molar-refractivity contribution is 7.14. The fourth-order valence-electron chi connectivity index (χ4n) is 3.72. The van der Waals surface area contributed by atoms with Gasteiger partial charge in [-0.1, -0.05) is 12.1 Å². The minimum Gasteiger partial charge on any atom is -0.454 e. The van der Waals surface area contributed by atoms with Gasteiger partial charge in [0.05, 0.1) is 11.4 Å². The van der Waals surface area contributed by atoms with Gasteiger partial charge in [-0.25, -0.2) is 14.7 Å². The number of urea groups is 1. The molecule has 3 aromatic rings. The molecule has 2 aliphatic heterocycles. The molecule has 0 radical (unpaired) electrons. The average Bonchev–Trinajstić information content (AvgIpc) is 3.51. The van der Waals surface area contributed by atoms with Gasteiger partial charge in [0.15, 0.2) is 16.6 Å². The normalized spacial score (nSPS) is 16.8. The lowest BCUT2D eigenvalue weighted by atomic mass is 10.1. The third kappa shape index (κ3) is 4.24. The molecule has 2 aliphatic rings. The van der Waals surface area contributed by atoms with Gasteiger partial charge in [0.25, 0.3) is 5.91 Å². The molecular formula is C23H20N4O5S. The van der Waals surface area contributed by atoms with Crippen LogP contribution < -0.4 is 25.0 Å². The molecule has 1 aromatic heterocycles. The monoisotopic (exact) mass is 464 g/mol. The first-order chi connectivity index (χ1) is 16.0. The number of carbonyl (C=O) groups excluding carboxylic acids is 3. The van der Waals surface area contributed by atoms with E-state index in [1.165, 1.54) is 11.3 Å². The molecule has 0 saturated carbocycles. The molecule has 1 fully saturated rings. The highest BCUT2D eigenvalue weighted by atomic mass is 32.1. The number of anilines is 2. The Hall–Kier alpha value is -3.92. The van der Waals surface area contributed by atoms with Gasteiger partial charge in [-0.05, 0) is 49.2 Å². The Morgan fingerprint density at radius 3 is 2.91 bits per heavy atom. The van der Waals surface area contributed by atoms with E-state index in [1.54, 1.807) is 18.2 Å². The lowest BCUT2D eigenvalue weighted by Crippen LogP contribution is -2.31. The predicted molar refractivity (Wildman–Crippen MR) is 123 cm³/mol. The molecular weight excluding hydrogens is 444 g/mol. The number of nitrogens with zero attached hydrogens (tertiary/aromatic N) is 2. The Morgan fingerprint density at radius 2 is 2.06 bits per heavy atom. The number of hydrogen-bond acceptors (Lipinski definition) is 7. The highest BCUT2D eigenvalue weighted by Gasteiger charge is 2.39. The predicted octanol–water partition coefficient (Wildman–Crippen LogP) is 3.69. The van der Waals surface area contributed by atoms with E-state index < -0.39 is 12.1 Å². The zero-order valence-corrected chi connectivity index (χ0v) is 18.5. The van der Waals surface area contributed by atoms with Gasteiger partial charge in [-0.2, -0.15) is 0 Å². The molecule has 5 rings (SSSR count). The van der Waals surface area contributed by atoms with Crippen molar-refractivity contribution in [3.05, 3.63) is 53.4 Å². The van der Waals surface area contributed by atoms with Crippen molar-refractivity contribution in [2.75, 3.05) is 17.0 Å². The van der Waals surface area contributed by atoms with E-state index in [0.29, 0.717) is 28.0 Å². The second-order valence-corrected chi connectivity index (χ2v) is 8.57. The maximum atomic E-state index is 12.7. The molecule has 0 spiro atoms. The zero-order chi connectivity index (χ0) is 22.9. The van der Waals surface area contributed by atoms with Crippen molar-refractivity contribution < 1.29 is 23.9 Å². The molecule has 0 unspecified atom stereocenters. The molecule has 4 amide bonds. The van der Waals surface area contributed by atoms with Crippen molar-refractivity contribution in [3.63, 3.8) is 0 Å². The van der Waals surface area contributed by atoms with Crippen LogP contribution in [0, 0.1) is 6.92 Å². The summed E-state index contributed by atoms with van der Waals surface area (Å²) in [7, 11) is 0. The highest BCUT2D eigenvalue weighted by Crippen LogP contribution is 2.36. The van der Waals surface area contributed by atoms with E-state index in [4.69, 9.17) is 9.47 Å². The second-order valence-electron chi connectivity index (χ2n) is 7.71. The minimum absolute atomic E-state index is 0.0667. The minimum atomic E-state index is -0.746. The number of thiazole rings is 1. The van der Waals surface area contributed by atoms with Gasteiger partial charge >= 0.3 is 6.03 Å². The summed E-state index contributed by atoms with van der Waals surface area (Å²) in [5.74, 6) is 0.710. The molecule has 0 aliphatic carbocycles. The number of rotatable bonds is 6. The number of benzene rings is 2. The molecule has 0 bridgehead atoms. The quantitative estimate of drug-likeness (QED) is 0.539. The van der Waals surface area contributed by atoms with E-state index in [0.717, 1.165) is 16.0 Å². The van der Waals surface area contributed by atoms with Gasteiger partial charge in [-0.3, -0.25) is 9.59 Å². The maximum Gasteiger partial charge on any atom is 0.329 e. The van der Waals surface area contributed by atoms with Crippen LogP contribution in [0.5, 0.6) is 11.5 Å². The van der Waals surface area contributed by atoms with Crippen molar-refractivity contribution >= 4 is 40.0 Å². The summed E-state index contributed by atoms with van der Waals surface area (Å²) in [6.07, 6.45) is 0.260. The number of aromatic nitrogens is 1. The largest absolute Gasteiger partial charge is 0.454 e. The van der Waals surface area contributed by atoms with Gasteiger partial charge in [0, 0.05) is 17.4 Å². The van der Waals surface area contributed by atoms with Gasteiger partial charge in [0.1, 0.15) is 6.04 Å². The molecule has 168 valence electrons. The summed E-state index contributed by atoms with van der Waals surface area (Å²) in [5.41, 5.74) is 3.02. The number of carbonyl (C=O) groups is 3. The third-order valence-electron chi connectivity index (χ3n) is 5.36. The average molecular weight is 465 g/mol. The molecule has 3 heterocycles. The third-order valence-corrected chi connectivity index (χ3v) is 6.12. The van der Waals surface area contributed by atoms with Gasteiger partial charge in [-0.15, -0.1) is 11.3 Å². The van der Waals surface area contributed by atoms with Crippen LogP contribution in [0.1, 0.15) is 18.4 Å². The molecule has 1 atom stereocenters. The number of amides is 4. The molecule has 10 heteroatoms. The summed E-state index contributed by atoms with van der Waals surface area (Å²) < 4.78 is 10.7. The number of aryl methyl sites for hydroxylation is 1. The van der Waals surface area contributed by atoms with Crippen molar-refractivity contribution in [1.29, 1.82) is 0 Å². The number of ether oxygens (including phenoxy) is 2. The van der Waals surface area contributed by atoms with Crippen LogP contribution in [0.2, 0.25) is 0 Å². The van der Waals surface area contributed by atoms with E-state index in [1.807, 2.05) is 36.6 Å². The lowest BCUT2D eigenvalue weighted by Gasteiger charge is -2.13. The first-order valence-electron chi connectivity index (χ1n) is 10.3. The SMILES string of the molecule is Cc1cccc(N2C(=O)N[C@@H](CCC(=O)Nc3nc(-c4ccc5c(c4)OCO5)cs3)C2=O)c1. The Morgan fingerprint density at radius 1 is 1.21 bits per heavy atom. The number of hydrogen-bond donors (Lipinski definition) is 2. The Kier molecular flexibility index (Phi) is 5.43. The Bertz CT molecular complexity index is 1260. The molecule has 33 heavy (non-hydrogen) atoms. The van der Waals surface area contributed by atoms with Crippen molar-refractivity contribution in [2.24, 2.45) is 0 Å². The fourth-order valence-corrected chi connectivity index (χ4v) is 4.45. The summed E-state index contributed by atoms with van der Waals surface area (Å²) in [6.45, 7) is 2.09. The molecule has 9 nitrogen and oxygen atoms in total.